The molecule has 0 aromatic heterocycles. The predicted molar refractivity (Wildman–Crippen MR) is 107 cm³/mol. The third-order valence-electron chi connectivity index (χ3n) is 5.01. The van der Waals surface area contributed by atoms with Gasteiger partial charge in [0.05, 0.1) is 10.5 Å². The second-order valence-corrected chi connectivity index (χ2v) is 10.0. The molecule has 1 heterocycles. The maximum absolute atomic E-state index is 13.1. The summed E-state index contributed by atoms with van der Waals surface area (Å²) in [6, 6.07) is 10.8. The Morgan fingerprint density at radius 3 is 2.23 bits per heavy atom. The monoisotopic (exact) mass is 457 g/mol. The van der Waals surface area contributed by atoms with Gasteiger partial charge in [-0.3, -0.25) is 0 Å². The van der Waals surface area contributed by atoms with E-state index in [-0.39, 0.29) is 18.0 Å². The summed E-state index contributed by atoms with van der Waals surface area (Å²) in [6.07, 6.45) is 0.721. The van der Waals surface area contributed by atoms with E-state index in [0.29, 0.717) is 23.4 Å². The molecule has 0 spiro atoms. The number of rotatable bonds is 3. The van der Waals surface area contributed by atoms with Crippen LogP contribution in [0.2, 0.25) is 5.02 Å². The summed E-state index contributed by atoms with van der Waals surface area (Å²) in [5, 5.41) is 11.5. The molecule has 0 amide bonds. The molecule has 140 valence electrons. The maximum atomic E-state index is 13.1. The van der Waals surface area contributed by atoms with Crippen molar-refractivity contribution < 1.29 is 13.5 Å². The minimum Gasteiger partial charge on any atom is -0.385 e. The van der Waals surface area contributed by atoms with Gasteiger partial charge in [0.2, 0.25) is 10.0 Å². The molecule has 0 unspecified atom stereocenters. The van der Waals surface area contributed by atoms with Gasteiger partial charge in [-0.2, -0.15) is 4.31 Å². The molecule has 0 radical (unpaired) electrons. The topological polar surface area (TPSA) is 57.6 Å². The van der Waals surface area contributed by atoms with Gasteiger partial charge < -0.3 is 5.11 Å². The van der Waals surface area contributed by atoms with E-state index < -0.39 is 15.6 Å². The van der Waals surface area contributed by atoms with Crippen molar-refractivity contribution in [2.75, 3.05) is 13.1 Å². The summed E-state index contributed by atoms with van der Waals surface area (Å²) in [5.41, 5.74) is 1.18. The van der Waals surface area contributed by atoms with E-state index in [0.717, 1.165) is 15.6 Å². The maximum Gasteiger partial charge on any atom is 0.243 e. The number of nitrogens with zero attached hydrogens (tertiary/aromatic N) is 1. The number of benzene rings is 2. The lowest BCUT2D eigenvalue weighted by Crippen LogP contribution is -2.45. The van der Waals surface area contributed by atoms with Crippen LogP contribution in [0.5, 0.6) is 0 Å². The Bertz CT molecular complexity index is 921. The minimum absolute atomic E-state index is 0.274. The van der Waals surface area contributed by atoms with Gasteiger partial charge in [-0.05, 0) is 67.6 Å². The highest BCUT2D eigenvalue weighted by molar-refractivity contribution is 9.10. The highest BCUT2D eigenvalue weighted by Gasteiger charge is 2.38. The fourth-order valence-electron chi connectivity index (χ4n) is 3.32. The average molecular weight is 459 g/mol. The Morgan fingerprint density at radius 1 is 1.08 bits per heavy atom. The molecule has 2 aromatic rings. The van der Waals surface area contributed by atoms with E-state index in [1.54, 1.807) is 26.0 Å². The van der Waals surface area contributed by atoms with Crippen LogP contribution in [0.25, 0.3) is 0 Å². The normalized spacial score (nSPS) is 18.0. The van der Waals surface area contributed by atoms with Gasteiger partial charge >= 0.3 is 0 Å². The molecule has 0 atom stereocenters. The third kappa shape index (κ3) is 3.71. The van der Waals surface area contributed by atoms with E-state index in [9.17, 15) is 13.5 Å². The number of aryl methyl sites for hydroxylation is 2. The Morgan fingerprint density at radius 2 is 1.65 bits per heavy atom. The van der Waals surface area contributed by atoms with Crippen LogP contribution >= 0.6 is 27.5 Å². The van der Waals surface area contributed by atoms with Crippen molar-refractivity contribution >= 4 is 37.6 Å². The molecule has 0 bridgehead atoms. The molecule has 1 aliphatic rings. The number of aliphatic hydroxyl groups is 1. The Labute approximate surface area is 168 Å². The molecule has 1 saturated heterocycles. The van der Waals surface area contributed by atoms with Crippen LogP contribution in [0.1, 0.15) is 29.5 Å². The molecule has 1 fully saturated rings. The molecule has 0 saturated carbocycles. The fourth-order valence-corrected chi connectivity index (χ4v) is 5.53. The number of piperidine rings is 1. The second kappa shape index (κ2) is 7.24. The molecule has 1 N–H and O–H groups in total. The molecule has 7 heteroatoms. The first-order valence-electron chi connectivity index (χ1n) is 8.39. The van der Waals surface area contributed by atoms with Gasteiger partial charge in [-0.1, -0.05) is 39.7 Å². The largest absolute Gasteiger partial charge is 0.385 e. The van der Waals surface area contributed by atoms with E-state index in [4.69, 9.17) is 11.6 Å². The van der Waals surface area contributed by atoms with E-state index in [1.165, 1.54) is 4.31 Å². The minimum atomic E-state index is -3.61. The smallest absolute Gasteiger partial charge is 0.243 e. The van der Waals surface area contributed by atoms with Crippen molar-refractivity contribution in [2.45, 2.75) is 37.2 Å². The summed E-state index contributed by atoms with van der Waals surface area (Å²) in [4.78, 5) is 0.286. The molecule has 3 rings (SSSR count). The number of sulfonamides is 1. The zero-order valence-corrected chi connectivity index (χ0v) is 17.8. The zero-order chi connectivity index (χ0) is 19.1. The predicted octanol–water partition coefficient (Wildman–Crippen LogP) is 4.39. The Kier molecular flexibility index (Phi) is 5.53. The van der Waals surface area contributed by atoms with Crippen LogP contribution in [0.15, 0.2) is 45.8 Å². The highest BCUT2D eigenvalue weighted by Crippen LogP contribution is 2.36. The standard InChI is InChI=1S/C19H21BrClNO3S/c1-13-12-18(14(2)11-17(13)21)26(24,25)22-9-7-19(23,8-10-22)15-3-5-16(20)6-4-15/h3-6,11-12,23H,7-10H2,1-2H3. The third-order valence-corrected chi connectivity index (χ3v) is 7.98. The van der Waals surface area contributed by atoms with Gasteiger partial charge in [0.1, 0.15) is 0 Å². The summed E-state index contributed by atoms with van der Waals surface area (Å²) in [5.74, 6) is 0. The fraction of sp³-hybridized carbons (Fsp3) is 0.368. The lowest BCUT2D eigenvalue weighted by Gasteiger charge is -2.38. The number of hydrogen-bond donors (Lipinski definition) is 1. The van der Waals surface area contributed by atoms with Crippen molar-refractivity contribution in [1.82, 2.24) is 4.31 Å². The van der Waals surface area contributed by atoms with Crippen LogP contribution in [-0.2, 0) is 15.6 Å². The van der Waals surface area contributed by atoms with Crippen LogP contribution in [0, 0.1) is 13.8 Å². The lowest BCUT2D eigenvalue weighted by atomic mass is 9.85. The van der Waals surface area contributed by atoms with E-state index in [2.05, 4.69) is 15.9 Å². The van der Waals surface area contributed by atoms with Crippen molar-refractivity contribution in [3.8, 4) is 0 Å². The van der Waals surface area contributed by atoms with E-state index in [1.807, 2.05) is 24.3 Å². The highest BCUT2D eigenvalue weighted by atomic mass is 79.9. The molecule has 0 aliphatic carbocycles. The Balaban J connectivity index is 1.83. The van der Waals surface area contributed by atoms with Crippen LogP contribution < -0.4 is 0 Å². The van der Waals surface area contributed by atoms with Crippen LogP contribution in [0.3, 0.4) is 0 Å². The molecular formula is C19H21BrClNO3S. The molecule has 4 nitrogen and oxygen atoms in total. The van der Waals surface area contributed by atoms with Crippen molar-refractivity contribution in [3.05, 3.63) is 62.6 Å². The van der Waals surface area contributed by atoms with Crippen LogP contribution in [0.4, 0.5) is 0 Å². The summed E-state index contributed by atoms with van der Waals surface area (Å²) < 4.78 is 28.5. The zero-order valence-electron chi connectivity index (χ0n) is 14.7. The summed E-state index contributed by atoms with van der Waals surface area (Å²) >= 11 is 9.48. The summed E-state index contributed by atoms with van der Waals surface area (Å²) in [6.45, 7) is 4.09. The number of halogens is 2. The Hall–Kier alpha value is -0.920. The first kappa shape index (κ1) is 19.8. The molecule has 26 heavy (non-hydrogen) atoms. The molecule has 2 aromatic carbocycles. The van der Waals surface area contributed by atoms with Gasteiger partial charge in [-0.25, -0.2) is 8.42 Å². The van der Waals surface area contributed by atoms with Crippen molar-refractivity contribution in [1.29, 1.82) is 0 Å². The van der Waals surface area contributed by atoms with Gasteiger partial charge in [0.25, 0.3) is 0 Å². The summed E-state index contributed by atoms with van der Waals surface area (Å²) in [7, 11) is -3.61. The van der Waals surface area contributed by atoms with Gasteiger partial charge in [0, 0.05) is 22.6 Å². The van der Waals surface area contributed by atoms with Crippen LogP contribution in [-0.4, -0.2) is 30.9 Å². The quantitative estimate of drug-likeness (QED) is 0.742. The SMILES string of the molecule is Cc1cc(S(=O)(=O)N2CCC(O)(c3ccc(Br)cc3)CC2)c(C)cc1Cl. The van der Waals surface area contributed by atoms with E-state index >= 15 is 0 Å². The average Bonchev–Trinajstić information content (AvgIpc) is 2.59. The lowest BCUT2D eigenvalue weighted by molar-refractivity contribution is -0.00962. The molecular weight excluding hydrogens is 438 g/mol. The first-order chi connectivity index (χ1) is 12.1. The molecule has 1 aliphatic heterocycles. The van der Waals surface area contributed by atoms with Gasteiger partial charge in [0.15, 0.2) is 0 Å². The number of hydrogen-bond acceptors (Lipinski definition) is 3. The van der Waals surface area contributed by atoms with Crippen molar-refractivity contribution in [2.24, 2.45) is 0 Å². The second-order valence-electron chi connectivity index (χ2n) is 6.81. The van der Waals surface area contributed by atoms with Gasteiger partial charge in [-0.15, -0.1) is 0 Å². The first-order valence-corrected chi connectivity index (χ1v) is 11.0. The van der Waals surface area contributed by atoms with Crippen molar-refractivity contribution in [3.63, 3.8) is 0 Å².